The maximum absolute atomic E-state index is 12.3. The van der Waals surface area contributed by atoms with E-state index in [4.69, 9.17) is 0 Å². The van der Waals surface area contributed by atoms with Crippen LogP contribution in [0, 0.1) is 5.92 Å². The van der Waals surface area contributed by atoms with Crippen molar-refractivity contribution < 1.29 is 9.59 Å². The lowest BCUT2D eigenvalue weighted by atomic mass is 9.97. The van der Waals surface area contributed by atoms with Gasteiger partial charge in [0.1, 0.15) is 0 Å². The van der Waals surface area contributed by atoms with Gasteiger partial charge in [-0.25, -0.2) is 0 Å². The number of carbonyl (C=O) groups is 2. The summed E-state index contributed by atoms with van der Waals surface area (Å²) in [6.07, 6.45) is 5.99. The second-order valence-corrected chi connectivity index (χ2v) is 6.30. The SMILES string of the molecule is CCCN1CC(=O)N(CC(NCC)C2CCCC2)CC1=O. The van der Waals surface area contributed by atoms with Crippen LogP contribution in [0.25, 0.3) is 0 Å². The minimum atomic E-state index is 0.0955. The summed E-state index contributed by atoms with van der Waals surface area (Å²) in [5.41, 5.74) is 0. The summed E-state index contributed by atoms with van der Waals surface area (Å²) < 4.78 is 0. The molecule has 1 aliphatic heterocycles. The Morgan fingerprint density at radius 1 is 1.10 bits per heavy atom. The maximum Gasteiger partial charge on any atom is 0.242 e. The summed E-state index contributed by atoms with van der Waals surface area (Å²) in [7, 11) is 0. The third kappa shape index (κ3) is 4.19. The zero-order valence-electron chi connectivity index (χ0n) is 13.4. The number of piperazine rings is 1. The van der Waals surface area contributed by atoms with Gasteiger partial charge in [-0.2, -0.15) is 0 Å². The van der Waals surface area contributed by atoms with Gasteiger partial charge in [-0.1, -0.05) is 26.7 Å². The molecule has 0 radical (unpaired) electrons. The van der Waals surface area contributed by atoms with Crippen LogP contribution in [0.1, 0.15) is 46.0 Å². The van der Waals surface area contributed by atoms with Gasteiger partial charge in [-0.05, 0) is 31.7 Å². The molecular weight excluding hydrogens is 266 g/mol. The number of hydrogen-bond donors (Lipinski definition) is 1. The average molecular weight is 295 g/mol. The predicted molar refractivity (Wildman–Crippen MR) is 82.9 cm³/mol. The molecule has 0 spiro atoms. The van der Waals surface area contributed by atoms with Gasteiger partial charge in [0.2, 0.25) is 11.8 Å². The molecule has 1 saturated carbocycles. The van der Waals surface area contributed by atoms with E-state index in [1.165, 1.54) is 25.7 Å². The maximum atomic E-state index is 12.3. The van der Waals surface area contributed by atoms with Crippen LogP contribution >= 0.6 is 0 Å². The quantitative estimate of drug-likeness (QED) is 0.769. The minimum absolute atomic E-state index is 0.0955. The molecule has 1 heterocycles. The average Bonchev–Trinajstić information content (AvgIpc) is 2.98. The first-order chi connectivity index (χ1) is 10.2. The van der Waals surface area contributed by atoms with E-state index in [1.54, 1.807) is 9.80 Å². The predicted octanol–water partition coefficient (Wildman–Crippen LogP) is 1.24. The van der Waals surface area contributed by atoms with E-state index in [1.807, 2.05) is 6.92 Å². The summed E-state index contributed by atoms with van der Waals surface area (Å²) in [5, 5.41) is 3.52. The summed E-state index contributed by atoms with van der Waals surface area (Å²) >= 11 is 0. The van der Waals surface area contributed by atoms with Crippen LogP contribution in [0.5, 0.6) is 0 Å². The lowest BCUT2D eigenvalue weighted by Gasteiger charge is -2.37. The van der Waals surface area contributed by atoms with E-state index in [0.717, 1.165) is 13.0 Å². The molecule has 2 aliphatic rings. The summed E-state index contributed by atoms with van der Waals surface area (Å²) in [6.45, 7) is 6.95. The third-order valence-corrected chi connectivity index (χ3v) is 4.70. The van der Waals surface area contributed by atoms with E-state index in [2.05, 4.69) is 12.2 Å². The Bertz CT molecular complexity index is 367. The van der Waals surface area contributed by atoms with Gasteiger partial charge in [0.25, 0.3) is 0 Å². The zero-order valence-corrected chi connectivity index (χ0v) is 13.4. The lowest BCUT2D eigenvalue weighted by Crippen LogP contribution is -2.57. The summed E-state index contributed by atoms with van der Waals surface area (Å²) in [4.78, 5) is 27.9. The molecule has 0 bridgehead atoms. The van der Waals surface area contributed by atoms with E-state index < -0.39 is 0 Å². The standard InChI is InChI=1S/C16H29N3O2/c1-3-9-18-11-16(21)19(12-15(18)20)10-14(17-4-2)13-7-5-6-8-13/h13-14,17H,3-12H2,1-2H3. The number of carbonyl (C=O) groups excluding carboxylic acids is 2. The van der Waals surface area contributed by atoms with Crippen molar-refractivity contribution in [3.63, 3.8) is 0 Å². The van der Waals surface area contributed by atoms with Crippen molar-refractivity contribution in [3.8, 4) is 0 Å². The van der Waals surface area contributed by atoms with Gasteiger partial charge >= 0.3 is 0 Å². The van der Waals surface area contributed by atoms with Crippen LogP contribution in [-0.2, 0) is 9.59 Å². The van der Waals surface area contributed by atoms with Crippen molar-refractivity contribution in [2.24, 2.45) is 5.92 Å². The molecule has 1 atom stereocenters. The Labute approximate surface area is 128 Å². The fourth-order valence-corrected chi connectivity index (χ4v) is 3.58. The van der Waals surface area contributed by atoms with Crippen LogP contribution in [-0.4, -0.2) is 60.4 Å². The van der Waals surface area contributed by atoms with Crippen molar-refractivity contribution in [2.75, 3.05) is 32.7 Å². The van der Waals surface area contributed by atoms with E-state index in [0.29, 0.717) is 25.0 Å². The number of nitrogens with one attached hydrogen (secondary N) is 1. The Morgan fingerprint density at radius 2 is 1.71 bits per heavy atom. The number of hydrogen-bond acceptors (Lipinski definition) is 3. The highest BCUT2D eigenvalue weighted by Crippen LogP contribution is 2.28. The fourth-order valence-electron chi connectivity index (χ4n) is 3.58. The molecule has 2 fully saturated rings. The topological polar surface area (TPSA) is 52.7 Å². The molecule has 1 aliphatic carbocycles. The van der Waals surface area contributed by atoms with Gasteiger partial charge in [-0.3, -0.25) is 9.59 Å². The zero-order chi connectivity index (χ0) is 15.2. The normalized spacial score (nSPS) is 22.2. The number of nitrogens with zero attached hydrogens (tertiary/aromatic N) is 2. The smallest absolute Gasteiger partial charge is 0.242 e. The number of likely N-dealkylation sites (N-methyl/N-ethyl adjacent to an activating group) is 1. The highest BCUT2D eigenvalue weighted by atomic mass is 16.2. The van der Waals surface area contributed by atoms with Crippen molar-refractivity contribution >= 4 is 11.8 Å². The number of amides is 2. The Morgan fingerprint density at radius 3 is 2.33 bits per heavy atom. The summed E-state index contributed by atoms with van der Waals surface area (Å²) in [6, 6.07) is 0.340. The van der Waals surface area contributed by atoms with E-state index in [9.17, 15) is 9.59 Å². The molecular formula is C16H29N3O2. The first-order valence-corrected chi connectivity index (χ1v) is 8.44. The molecule has 0 aromatic rings. The van der Waals surface area contributed by atoms with Gasteiger partial charge in [-0.15, -0.1) is 0 Å². The molecule has 2 rings (SSSR count). The molecule has 0 aromatic heterocycles. The highest BCUT2D eigenvalue weighted by Gasteiger charge is 2.33. The first-order valence-electron chi connectivity index (χ1n) is 8.44. The van der Waals surface area contributed by atoms with Crippen LogP contribution in [0.15, 0.2) is 0 Å². The van der Waals surface area contributed by atoms with Crippen LogP contribution < -0.4 is 5.32 Å². The number of rotatable bonds is 7. The lowest BCUT2D eigenvalue weighted by molar-refractivity contribution is -0.150. The Hall–Kier alpha value is -1.10. The van der Waals surface area contributed by atoms with Gasteiger partial charge in [0, 0.05) is 19.1 Å². The van der Waals surface area contributed by atoms with Crippen molar-refractivity contribution in [1.29, 1.82) is 0 Å². The van der Waals surface area contributed by atoms with Crippen LogP contribution in [0.4, 0.5) is 0 Å². The largest absolute Gasteiger partial charge is 0.332 e. The van der Waals surface area contributed by atoms with Crippen LogP contribution in [0.3, 0.4) is 0 Å². The molecule has 1 N–H and O–H groups in total. The molecule has 21 heavy (non-hydrogen) atoms. The van der Waals surface area contributed by atoms with E-state index in [-0.39, 0.29) is 24.9 Å². The molecule has 5 nitrogen and oxygen atoms in total. The molecule has 120 valence electrons. The van der Waals surface area contributed by atoms with Crippen molar-refractivity contribution in [2.45, 2.75) is 52.0 Å². The molecule has 1 unspecified atom stereocenters. The third-order valence-electron chi connectivity index (χ3n) is 4.70. The second-order valence-electron chi connectivity index (χ2n) is 6.30. The molecule has 5 heteroatoms. The van der Waals surface area contributed by atoms with Gasteiger partial charge < -0.3 is 15.1 Å². The monoisotopic (exact) mass is 295 g/mol. The molecule has 0 aromatic carbocycles. The van der Waals surface area contributed by atoms with E-state index >= 15 is 0 Å². The Kier molecular flexibility index (Phi) is 6.03. The first kappa shape index (κ1) is 16.3. The molecule has 1 saturated heterocycles. The second kappa shape index (κ2) is 7.78. The van der Waals surface area contributed by atoms with Gasteiger partial charge in [0.05, 0.1) is 13.1 Å². The molecule has 2 amide bonds. The van der Waals surface area contributed by atoms with Crippen molar-refractivity contribution in [3.05, 3.63) is 0 Å². The van der Waals surface area contributed by atoms with Gasteiger partial charge in [0.15, 0.2) is 0 Å². The Balaban J connectivity index is 1.93. The fraction of sp³-hybridized carbons (Fsp3) is 0.875. The van der Waals surface area contributed by atoms with Crippen LogP contribution in [0.2, 0.25) is 0 Å². The minimum Gasteiger partial charge on any atom is -0.332 e. The summed E-state index contributed by atoms with van der Waals surface area (Å²) in [5.74, 6) is 0.851. The van der Waals surface area contributed by atoms with Crippen molar-refractivity contribution in [1.82, 2.24) is 15.1 Å². The highest BCUT2D eigenvalue weighted by molar-refractivity contribution is 5.92.